The van der Waals surface area contributed by atoms with Crippen LogP contribution in [0.5, 0.6) is 17.2 Å². The minimum absolute atomic E-state index is 0.0684. The minimum atomic E-state index is -1.01. The van der Waals surface area contributed by atoms with Gasteiger partial charge in [-0.05, 0) is 74.0 Å². The van der Waals surface area contributed by atoms with Gasteiger partial charge >= 0.3 is 5.91 Å². The van der Waals surface area contributed by atoms with Crippen molar-refractivity contribution in [1.29, 1.82) is 0 Å². The van der Waals surface area contributed by atoms with E-state index in [-0.39, 0.29) is 11.3 Å². The Morgan fingerprint density at radius 3 is 2.42 bits per heavy atom. The number of carbonyl (C=O) groups is 2. The fraction of sp³-hybridized carbons (Fsp3) is 0.207. The number of thiazole rings is 1. The molecule has 8 nitrogen and oxygen atoms in total. The molecule has 1 N–H and O–H groups in total. The van der Waals surface area contributed by atoms with E-state index >= 15 is 0 Å². The number of anilines is 1. The topological polar surface area (TPSA) is 98.2 Å². The third-order valence-electron chi connectivity index (χ3n) is 6.35. The predicted molar refractivity (Wildman–Crippen MR) is 146 cm³/mol. The molecule has 1 aliphatic heterocycles. The highest BCUT2D eigenvalue weighted by Crippen LogP contribution is 2.47. The monoisotopic (exact) mass is 530 g/mol. The minimum Gasteiger partial charge on any atom is -0.507 e. The Kier molecular flexibility index (Phi) is 6.77. The van der Waals surface area contributed by atoms with Gasteiger partial charge in [0.25, 0.3) is 5.78 Å². The number of aromatic nitrogens is 1. The van der Waals surface area contributed by atoms with E-state index in [1.807, 2.05) is 32.0 Å². The van der Waals surface area contributed by atoms with Crippen LogP contribution in [0, 0.1) is 6.92 Å². The molecule has 0 aliphatic carbocycles. The standard InChI is InChI=1S/C29H26N2O6S/c1-5-37-18-9-7-17(8-10-18)26(32)24-25(20-15-19(35-3)11-13-22(20)36-4)31(28(34)27(24)33)29-30-21-12-6-16(2)14-23(21)38-29/h6-15,25,32H,5H2,1-4H3/b26-24+/t25-/m1/s1. The summed E-state index contributed by atoms with van der Waals surface area (Å²) in [6, 6.07) is 16.6. The lowest BCUT2D eigenvalue weighted by Crippen LogP contribution is -2.29. The molecule has 1 saturated heterocycles. The molecule has 1 aliphatic rings. The van der Waals surface area contributed by atoms with Gasteiger partial charge in [-0.15, -0.1) is 0 Å². The van der Waals surface area contributed by atoms with Crippen LogP contribution in [0.25, 0.3) is 16.0 Å². The lowest BCUT2D eigenvalue weighted by Gasteiger charge is -2.25. The van der Waals surface area contributed by atoms with Crippen molar-refractivity contribution in [3.8, 4) is 17.2 Å². The van der Waals surface area contributed by atoms with Gasteiger partial charge in [0.1, 0.15) is 29.0 Å². The number of amides is 1. The number of benzene rings is 3. The molecule has 1 fully saturated rings. The maximum Gasteiger partial charge on any atom is 0.301 e. The summed E-state index contributed by atoms with van der Waals surface area (Å²) < 4.78 is 17.4. The number of rotatable bonds is 7. The molecule has 194 valence electrons. The van der Waals surface area contributed by atoms with E-state index in [0.29, 0.717) is 45.6 Å². The Balaban J connectivity index is 1.74. The Labute approximate surface area is 223 Å². The first-order chi connectivity index (χ1) is 18.4. The molecule has 4 aromatic rings. The lowest BCUT2D eigenvalue weighted by molar-refractivity contribution is -0.132. The molecule has 9 heteroatoms. The molecular formula is C29H26N2O6S. The number of methoxy groups -OCH3 is 2. The molecule has 0 saturated carbocycles. The normalized spacial score (nSPS) is 16.7. The van der Waals surface area contributed by atoms with E-state index in [2.05, 4.69) is 4.98 Å². The van der Waals surface area contributed by atoms with Crippen LogP contribution in [0.15, 0.2) is 66.2 Å². The average molecular weight is 531 g/mol. The summed E-state index contributed by atoms with van der Waals surface area (Å²) in [6.07, 6.45) is 0. The number of carbonyl (C=O) groups excluding carboxylic acids is 2. The van der Waals surface area contributed by atoms with Crippen molar-refractivity contribution in [1.82, 2.24) is 4.98 Å². The number of aliphatic hydroxyl groups excluding tert-OH is 1. The van der Waals surface area contributed by atoms with E-state index < -0.39 is 17.7 Å². The molecule has 1 aromatic heterocycles. The molecule has 2 heterocycles. The Hall–Kier alpha value is -4.37. The highest BCUT2D eigenvalue weighted by atomic mass is 32.1. The van der Waals surface area contributed by atoms with Crippen LogP contribution < -0.4 is 19.1 Å². The predicted octanol–water partition coefficient (Wildman–Crippen LogP) is 5.65. The summed E-state index contributed by atoms with van der Waals surface area (Å²) in [5, 5.41) is 11.8. The number of nitrogens with zero attached hydrogens (tertiary/aromatic N) is 2. The van der Waals surface area contributed by atoms with Crippen LogP contribution in [0.1, 0.15) is 29.7 Å². The van der Waals surface area contributed by atoms with Crippen molar-refractivity contribution in [2.45, 2.75) is 19.9 Å². The first kappa shape index (κ1) is 25.3. The number of fused-ring (bicyclic) bond motifs is 1. The van der Waals surface area contributed by atoms with Crippen molar-refractivity contribution in [2.24, 2.45) is 0 Å². The van der Waals surface area contributed by atoms with Gasteiger partial charge in [-0.3, -0.25) is 14.5 Å². The summed E-state index contributed by atoms with van der Waals surface area (Å²) in [5.41, 5.74) is 2.55. The second-order valence-corrected chi connectivity index (χ2v) is 9.71. The second kappa shape index (κ2) is 10.2. The van der Waals surface area contributed by atoms with E-state index in [4.69, 9.17) is 14.2 Å². The van der Waals surface area contributed by atoms with E-state index in [1.54, 1.807) is 42.5 Å². The number of Topliss-reactive ketones (excluding diaryl/α,β-unsaturated/α-hetero) is 1. The summed E-state index contributed by atoms with van der Waals surface area (Å²) in [5.74, 6) is -0.351. The maximum atomic E-state index is 13.6. The first-order valence-electron chi connectivity index (χ1n) is 12.0. The summed E-state index contributed by atoms with van der Waals surface area (Å²) in [4.78, 5) is 33.1. The fourth-order valence-corrected chi connectivity index (χ4v) is 5.62. The smallest absolute Gasteiger partial charge is 0.301 e. The number of hydrogen-bond acceptors (Lipinski definition) is 8. The number of aliphatic hydroxyl groups is 1. The number of ether oxygens (including phenoxy) is 3. The lowest BCUT2D eigenvalue weighted by atomic mass is 9.94. The van der Waals surface area contributed by atoms with Gasteiger partial charge in [-0.2, -0.15) is 0 Å². The molecule has 0 spiro atoms. The van der Waals surface area contributed by atoms with Crippen molar-refractivity contribution in [2.75, 3.05) is 25.7 Å². The van der Waals surface area contributed by atoms with Crippen LogP contribution in [0.4, 0.5) is 5.13 Å². The van der Waals surface area contributed by atoms with E-state index in [0.717, 1.165) is 10.3 Å². The van der Waals surface area contributed by atoms with E-state index in [9.17, 15) is 14.7 Å². The molecule has 0 unspecified atom stereocenters. The SMILES string of the molecule is CCOc1ccc(/C(O)=C2\C(=O)C(=O)N(c3nc4ccc(C)cc4s3)[C@@H]2c2cc(OC)ccc2OC)cc1. The number of ketones is 1. The zero-order valence-electron chi connectivity index (χ0n) is 21.3. The molecule has 1 atom stereocenters. The highest BCUT2D eigenvalue weighted by molar-refractivity contribution is 7.22. The molecule has 5 rings (SSSR count). The third-order valence-corrected chi connectivity index (χ3v) is 7.37. The Morgan fingerprint density at radius 1 is 1.00 bits per heavy atom. The van der Waals surface area contributed by atoms with E-state index in [1.165, 1.54) is 30.5 Å². The van der Waals surface area contributed by atoms with Crippen molar-refractivity contribution in [3.63, 3.8) is 0 Å². The van der Waals surface area contributed by atoms with Gasteiger partial charge in [0, 0.05) is 11.1 Å². The van der Waals surface area contributed by atoms with Crippen molar-refractivity contribution < 1.29 is 28.9 Å². The zero-order valence-corrected chi connectivity index (χ0v) is 22.2. The van der Waals surface area contributed by atoms with Gasteiger partial charge in [-0.1, -0.05) is 17.4 Å². The van der Waals surface area contributed by atoms with Crippen LogP contribution in [0.3, 0.4) is 0 Å². The second-order valence-electron chi connectivity index (χ2n) is 8.70. The summed E-state index contributed by atoms with van der Waals surface area (Å²) in [7, 11) is 3.03. The number of hydrogen-bond donors (Lipinski definition) is 1. The molecule has 38 heavy (non-hydrogen) atoms. The highest BCUT2D eigenvalue weighted by Gasteiger charge is 2.49. The van der Waals surface area contributed by atoms with Gasteiger partial charge in [0.15, 0.2) is 5.13 Å². The summed E-state index contributed by atoms with van der Waals surface area (Å²) >= 11 is 1.30. The van der Waals surface area contributed by atoms with Crippen LogP contribution in [0.2, 0.25) is 0 Å². The zero-order chi connectivity index (χ0) is 27.0. The quantitative estimate of drug-likeness (QED) is 0.187. The molecular weight excluding hydrogens is 504 g/mol. The Morgan fingerprint density at radius 2 is 1.74 bits per heavy atom. The summed E-state index contributed by atoms with van der Waals surface area (Å²) in [6.45, 7) is 4.34. The fourth-order valence-electron chi connectivity index (χ4n) is 4.53. The molecule has 0 bridgehead atoms. The molecule has 0 radical (unpaired) electrons. The van der Waals surface area contributed by atoms with Gasteiger partial charge in [-0.25, -0.2) is 4.98 Å². The Bertz CT molecular complexity index is 1570. The van der Waals surface area contributed by atoms with Crippen molar-refractivity contribution in [3.05, 3.63) is 82.9 Å². The van der Waals surface area contributed by atoms with Crippen molar-refractivity contribution >= 4 is 44.1 Å². The van der Waals surface area contributed by atoms with Gasteiger partial charge < -0.3 is 19.3 Å². The van der Waals surface area contributed by atoms with Crippen LogP contribution in [-0.4, -0.2) is 42.6 Å². The van der Waals surface area contributed by atoms with Gasteiger partial charge in [0.05, 0.1) is 36.6 Å². The maximum absolute atomic E-state index is 13.6. The first-order valence-corrected chi connectivity index (χ1v) is 12.8. The average Bonchev–Trinajstić information content (AvgIpc) is 3.45. The molecule has 3 aromatic carbocycles. The third kappa shape index (κ3) is 4.35. The molecule has 1 amide bonds. The van der Waals surface area contributed by atoms with Gasteiger partial charge in [0.2, 0.25) is 0 Å². The number of aryl methyl sites for hydroxylation is 1. The van der Waals surface area contributed by atoms with Crippen LogP contribution in [-0.2, 0) is 9.59 Å². The largest absolute Gasteiger partial charge is 0.507 e. The van der Waals surface area contributed by atoms with Crippen LogP contribution >= 0.6 is 11.3 Å².